The van der Waals surface area contributed by atoms with Gasteiger partial charge in [-0.3, -0.25) is 19.4 Å². The van der Waals surface area contributed by atoms with E-state index in [0.29, 0.717) is 77.2 Å². The first-order valence-electron chi connectivity index (χ1n) is 14.5. The third-order valence-corrected chi connectivity index (χ3v) is 7.49. The normalized spacial score (nSPS) is 18.6. The van der Waals surface area contributed by atoms with Crippen LogP contribution in [0.1, 0.15) is 31.2 Å². The van der Waals surface area contributed by atoms with Crippen LogP contribution < -0.4 is 27.5 Å². The van der Waals surface area contributed by atoms with Gasteiger partial charge in [-0.2, -0.15) is 0 Å². The minimum absolute atomic E-state index is 0.0342. The van der Waals surface area contributed by atoms with Gasteiger partial charge in [-0.15, -0.1) is 0 Å². The lowest BCUT2D eigenvalue weighted by atomic mass is 10.0. The Balaban J connectivity index is 1.51. The second kappa shape index (κ2) is 15.3. The zero-order chi connectivity index (χ0) is 29.9. The summed E-state index contributed by atoms with van der Waals surface area (Å²) in [6.07, 6.45) is 2.33. The molecule has 0 radical (unpaired) electrons. The second-order valence-corrected chi connectivity index (χ2v) is 10.5. The number of hydrogen-bond acceptors (Lipinski definition) is 7. The lowest BCUT2D eigenvalue weighted by molar-refractivity contribution is -0.140. The summed E-state index contributed by atoms with van der Waals surface area (Å²) >= 11 is 0. The third kappa shape index (κ3) is 8.28. The molecule has 4 rings (SSSR count). The van der Waals surface area contributed by atoms with Crippen LogP contribution in [0.3, 0.4) is 0 Å². The molecule has 12 heteroatoms. The van der Waals surface area contributed by atoms with Crippen molar-refractivity contribution >= 4 is 29.4 Å². The molecule has 0 saturated carbocycles. The summed E-state index contributed by atoms with van der Waals surface area (Å²) < 4.78 is 5.52. The van der Waals surface area contributed by atoms with Crippen molar-refractivity contribution in [3.8, 4) is 0 Å². The second-order valence-electron chi connectivity index (χ2n) is 10.5. The average Bonchev–Trinajstić information content (AvgIpc) is 3.50. The predicted octanol–water partition coefficient (Wildman–Crippen LogP) is 0.366. The number of nitrogens with one attached hydrogen (secondary N) is 1. The van der Waals surface area contributed by atoms with Crippen molar-refractivity contribution in [3.63, 3.8) is 0 Å². The number of carbonyl (C=O) groups excluding carboxylic acids is 3. The van der Waals surface area contributed by atoms with Crippen LogP contribution >= 0.6 is 0 Å². The van der Waals surface area contributed by atoms with Gasteiger partial charge in [0.05, 0.1) is 24.9 Å². The Morgan fingerprint density at radius 2 is 1.67 bits per heavy atom. The number of aliphatic imine (C=N–C) groups is 1. The van der Waals surface area contributed by atoms with Crippen LogP contribution in [0, 0.1) is 0 Å². The number of amides is 3. The molecule has 12 nitrogen and oxygen atoms in total. The maximum atomic E-state index is 14.2. The highest BCUT2D eigenvalue weighted by Gasteiger charge is 2.39. The minimum atomic E-state index is -0.870. The lowest BCUT2D eigenvalue weighted by Crippen LogP contribution is -2.60. The van der Waals surface area contributed by atoms with Gasteiger partial charge in [-0.25, -0.2) is 10.0 Å². The Hall–Kier alpha value is -4.00. The number of nitrogens with two attached hydrogens (primary N) is 3. The number of morpholine rings is 1. The predicted molar refractivity (Wildman–Crippen MR) is 161 cm³/mol. The monoisotopic (exact) mass is 578 g/mol. The van der Waals surface area contributed by atoms with E-state index in [0.717, 1.165) is 5.56 Å². The van der Waals surface area contributed by atoms with Gasteiger partial charge in [-0.05, 0) is 49.8 Å². The van der Waals surface area contributed by atoms with E-state index in [2.05, 4.69) is 10.3 Å². The van der Waals surface area contributed by atoms with Gasteiger partial charge in [-0.1, -0.05) is 48.5 Å². The molecule has 0 spiro atoms. The standard InChI is InChI=1S/C30H42N8O4/c31-24(21-22-9-3-1-4-10-22)28(40)37-16-8-14-26(37)27(39)35-25(13-7-15-34-30(32)33)29(41)38(23-11-5-2-6-12-23)36-17-19-42-20-18-36/h1-6,9-12,24-26H,7-8,13-21,31H2,(H,35,39)(H4,32,33,34)/t24-,25+,26+/m1/s1. The largest absolute Gasteiger partial charge is 0.379 e. The third-order valence-electron chi connectivity index (χ3n) is 7.49. The quantitative estimate of drug-likeness (QED) is 0.159. The van der Waals surface area contributed by atoms with Gasteiger partial charge in [0.1, 0.15) is 12.1 Å². The summed E-state index contributed by atoms with van der Waals surface area (Å²) in [5, 5.41) is 6.54. The number of likely N-dealkylation sites (tertiary alicyclic amines) is 1. The molecular formula is C30H42N8O4. The Kier molecular flexibility index (Phi) is 11.3. The van der Waals surface area contributed by atoms with Crippen LogP contribution in [-0.4, -0.2) is 91.1 Å². The maximum Gasteiger partial charge on any atom is 0.264 e. The van der Waals surface area contributed by atoms with E-state index < -0.39 is 18.1 Å². The van der Waals surface area contributed by atoms with E-state index in [-0.39, 0.29) is 23.7 Å². The fourth-order valence-electron chi connectivity index (χ4n) is 5.40. The van der Waals surface area contributed by atoms with Crippen LogP contribution in [0.4, 0.5) is 5.69 Å². The molecule has 2 aliphatic rings. The Morgan fingerprint density at radius 3 is 2.33 bits per heavy atom. The van der Waals surface area contributed by atoms with Crippen molar-refractivity contribution < 1.29 is 19.1 Å². The molecular weight excluding hydrogens is 536 g/mol. The number of hydrogen-bond donors (Lipinski definition) is 4. The first-order chi connectivity index (χ1) is 20.3. The van der Waals surface area contributed by atoms with Gasteiger partial charge >= 0.3 is 0 Å². The number of ether oxygens (including phenoxy) is 1. The summed E-state index contributed by atoms with van der Waals surface area (Å²) in [5.74, 6) is -0.958. The van der Waals surface area contributed by atoms with E-state index in [1.54, 1.807) is 9.91 Å². The van der Waals surface area contributed by atoms with E-state index >= 15 is 0 Å². The summed E-state index contributed by atoms with van der Waals surface area (Å²) in [6.45, 7) is 2.78. The Labute approximate surface area is 246 Å². The minimum Gasteiger partial charge on any atom is -0.379 e. The van der Waals surface area contributed by atoms with Crippen molar-refractivity contribution in [2.75, 3.05) is 44.4 Å². The summed E-state index contributed by atoms with van der Waals surface area (Å²) in [6, 6.07) is 16.5. The molecule has 7 N–H and O–H groups in total. The van der Waals surface area contributed by atoms with Crippen molar-refractivity contribution in [2.45, 2.75) is 50.2 Å². The van der Waals surface area contributed by atoms with Crippen LogP contribution in [0.15, 0.2) is 65.7 Å². The van der Waals surface area contributed by atoms with E-state index in [9.17, 15) is 14.4 Å². The molecule has 3 amide bonds. The number of carbonyl (C=O) groups is 3. The molecule has 42 heavy (non-hydrogen) atoms. The van der Waals surface area contributed by atoms with Crippen molar-refractivity contribution in [1.29, 1.82) is 0 Å². The van der Waals surface area contributed by atoms with Crippen molar-refractivity contribution in [2.24, 2.45) is 22.2 Å². The number of anilines is 1. The number of hydrazine groups is 1. The molecule has 3 atom stereocenters. The van der Waals surface area contributed by atoms with E-state index in [4.69, 9.17) is 21.9 Å². The number of nitrogens with zero attached hydrogens (tertiary/aromatic N) is 4. The SMILES string of the molecule is NC(N)=NCCC[C@H](NC(=O)[C@@H]1CCCN1C(=O)[C@H](N)Cc1ccccc1)C(=O)N(c1ccccc1)N1CCOCC1. The topological polar surface area (TPSA) is 173 Å². The van der Waals surface area contributed by atoms with Crippen molar-refractivity contribution in [1.82, 2.24) is 15.2 Å². The molecule has 0 bridgehead atoms. The summed E-state index contributed by atoms with van der Waals surface area (Å²) in [5.41, 5.74) is 18.9. The van der Waals surface area contributed by atoms with Crippen LogP contribution in [0.5, 0.6) is 0 Å². The molecule has 0 aliphatic carbocycles. The van der Waals surface area contributed by atoms with Crippen LogP contribution in [0.25, 0.3) is 0 Å². The maximum absolute atomic E-state index is 14.2. The molecule has 2 heterocycles. The highest BCUT2D eigenvalue weighted by atomic mass is 16.5. The van der Waals surface area contributed by atoms with Gasteiger partial charge in [0.25, 0.3) is 5.91 Å². The average molecular weight is 579 g/mol. The number of guanidine groups is 1. The molecule has 0 aromatic heterocycles. The molecule has 0 unspecified atom stereocenters. The Morgan fingerprint density at radius 1 is 1.00 bits per heavy atom. The number of rotatable bonds is 12. The van der Waals surface area contributed by atoms with Crippen LogP contribution in [0.2, 0.25) is 0 Å². The zero-order valence-corrected chi connectivity index (χ0v) is 23.9. The van der Waals surface area contributed by atoms with Gasteiger partial charge in [0, 0.05) is 26.2 Å². The van der Waals surface area contributed by atoms with Gasteiger partial charge in [0.2, 0.25) is 11.8 Å². The van der Waals surface area contributed by atoms with E-state index in [1.807, 2.05) is 65.7 Å². The van der Waals surface area contributed by atoms with Gasteiger partial charge in [0.15, 0.2) is 5.96 Å². The summed E-state index contributed by atoms with van der Waals surface area (Å²) in [7, 11) is 0. The highest BCUT2D eigenvalue weighted by Crippen LogP contribution is 2.22. The Bertz CT molecular complexity index is 1200. The van der Waals surface area contributed by atoms with E-state index in [1.165, 1.54) is 0 Å². The lowest BCUT2D eigenvalue weighted by Gasteiger charge is -2.39. The van der Waals surface area contributed by atoms with Crippen molar-refractivity contribution in [3.05, 3.63) is 66.2 Å². The molecule has 2 saturated heterocycles. The fraction of sp³-hybridized carbons (Fsp3) is 0.467. The smallest absolute Gasteiger partial charge is 0.264 e. The number of benzene rings is 2. The molecule has 2 aromatic rings. The molecule has 2 aromatic carbocycles. The molecule has 2 aliphatic heterocycles. The van der Waals surface area contributed by atoms with Gasteiger partial charge < -0.3 is 32.2 Å². The number of para-hydroxylation sites is 1. The van der Waals surface area contributed by atoms with Crippen LogP contribution in [-0.2, 0) is 25.5 Å². The highest BCUT2D eigenvalue weighted by molar-refractivity contribution is 5.99. The first-order valence-corrected chi connectivity index (χ1v) is 14.5. The molecule has 226 valence electrons. The molecule has 2 fully saturated rings. The zero-order valence-electron chi connectivity index (χ0n) is 23.9. The first kappa shape index (κ1) is 30.9. The summed E-state index contributed by atoms with van der Waals surface area (Å²) in [4.78, 5) is 46.8. The fourth-order valence-corrected chi connectivity index (χ4v) is 5.40.